The molecule has 39 heavy (non-hydrogen) atoms. The molecule has 0 spiro atoms. The summed E-state index contributed by atoms with van der Waals surface area (Å²) in [4.78, 5) is 30.2. The molecule has 0 bridgehead atoms. The Hall–Kier alpha value is -3.69. The largest absolute Gasteiger partial charge is 0.416 e. The fourth-order valence-corrected chi connectivity index (χ4v) is 6.27. The van der Waals surface area contributed by atoms with Gasteiger partial charge in [-0.05, 0) is 65.4 Å². The summed E-state index contributed by atoms with van der Waals surface area (Å²) in [5.74, 6) is 0.0363. The maximum Gasteiger partial charge on any atom is 0.416 e. The van der Waals surface area contributed by atoms with Gasteiger partial charge in [-0.1, -0.05) is 36.4 Å². The average Bonchev–Trinajstić information content (AvgIpc) is 3.56. The van der Waals surface area contributed by atoms with Gasteiger partial charge in [0.05, 0.1) is 10.4 Å². The molecule has 3 heterocycles. The van der Waals surface area contributed by atoms with Gasteiger partial charge in [0.1, 0.15) is 0 Å². The van der Waals surface area contributed by atoms with Crippen LogP contribution >= 0.6 is 11.3 Å². The number of fused-ring (bicyclic) bond motifs is 1. The fraction of sp³-hybridized carbons (Fsp3) is 0.267. The predicted molar refractivity (Wildman–Crippen MR) is 146 cm³/mol. The Labute approximate surface area is 227 Å². The molecule has 2 fully saturated rings. The lowest BCUT2D eigenvalue weighted by atomic mass is 10.0. The summed E-state index contributed by atoms with van der Waals surface area (Å²) in [6.07, 6.45) is -3.48. The minimum absolute atomic E-state index is 0.0161. The van der Waals surface area contributed by atoms with Crippen LogP contribution in [0.15, 0.2) is 78.9 Å². The lowest BCUT2D eigenvalue weighted by molar-refractivity contribution is -0.137. The highest BCUT2D eigenvalue weighted by molar-refractivity contribution is 7.20. The number of rotatable bonds is 5. The number of hydrogen-bond acceptors (Lipinski definition) is 4. The van der Waals surface area contributed by atoms with Crippen LogP contribution in [-0.2, 0) is 6.18 Å². The maximum atomic E-state index is 13.1. The Morgan fingerprint density at radius 3 is 2.21 bits per heavy atom. The van der Waals surface area contributed by atoms with E-state index in [1.807, 2.05) is 64.4 Å². The predicted octanol–water partition coefficient (Wildman–Crippen LogP) is 5.92. The van der Waals surface area contributed by atoms with E-state index in [2.05, 4.69) is 5.32 Å². The minimum Gasteiger partial charge on any atom is -0.337 e. The van der Waals surface area contributed by atoms with E-state index in [0.717, 1.165) is 40.7 Å². The number of halogens is 3. The van der Waals surface area contributed by atoms with E-state index in [-0.39, 0.29) is 23.9 Å². The van der Waals surface area contributed by atoms with Crippen LogP contribution in [0.25, 0.3) is 21.2 Å². The standard InChI is InChI=1S/C30H26F3N3O2S/c31-30(32,33)23-9-6-19(7-10-23)21-8-11-26-22(14-21)15-27(39-26)29(38)36-17-25(18-36)34-24-12-13-35(16-24)28(37)20-4-2-1-3-5-20/h1-11,14-15,24-25,34H,12-13,16-18H2. The van der Waals surface area contributed by atoms with E-state index in [0.29, 0.717) is 35.6 Å². The maximum absolute atomic E-state index is 13.1. The van der Waals surface area contributed by atoms with Gasteiger partial charge < -0.3 is 15.1 Å². The molecular formula is C30H26F3N3O2S. The summed E-state index contributed by atoms with van der Waals surface area (Å²) in [7, 11) is 0. The number of carbonyl (C=O) groups is 2. The van der Waals surface area contributed by atoms with Crippen molar-refractivity contribution >= 4 is 33.2 Å². The molecular weight excluding hydrogens is 523 g/mol. The van der Waals surface area contributed by atoms with Crippen LogP contribution in [-0.4, -0.2) is 59.9 Å². The molecule has 2 aliphatic heterocycles. The van der Waals surface area contributed by atoms with E-state index in [4.69, 9.17) is 0 Å². The summed E-state index contributed by atoms with van der Waals surface area (Å²) in [5.41, 5.74) is 1.52. The van der Waals surface area contributed by atoms with Crippen LogP contribution in [0.2, 0.25) is 0 Å². The number of nitrogens with zero attached hydrogens (tertiary/aromatic N) is 2. The SMILES string of the molecule is O=C(c1ccccc1)N1CCC(NC2CN(C(=O)c3cc4cc(-c5ccc(C(F)(F)F)cc5)ccc4s3)C2)C1. The van der Waals surface area contributed by atoms with E-state index >= 15 is 0 Å². The van der Waals surface area contributed by atoms with Gasteiger partial charge in [-0.2, -0.15) is 13.2 Å². The molecule has 0 radical (unpaired) electrons. The first-order valence-electron chi connectivity index (χ1n) is 12.9. The highest BCUT2D eigenvalue weighted by atomic mass is 32.1. The molecule has 5 nitrogen and oxygen atoms in total. The zero-order valence-electron chi connectivity index (χ0n) is 20.9. The van der Waals surface area contributed by atoms with Crippen molar-refractivity contribution in [1.29, 1.82) is 0 Å². The second-order valence-electron chi connectivity index (χ2n) is 10.1. The van der Waals surface area contributed by atoms with Crippen molar-refractivity contribution in [3.05, 3.63) is 94.9 Å². The van der Waals surface area contributed by atoms with Gasteiger partial charge in [-0.15, -0.1) is 11.3 Å². The molecule has 1 N–H and O–H groups in total. The summed E-state index contributed by atoms with van der Waals surface area (Å²) >= 11 is 1.42. The van der Waals surface area contributed by atoms with Crippen molar-refractivity contribution in [2.24, 2.45) is 0 Å². The van der Waals surface area contributed by atoms with Crippen LogP contribution in [0.3, 0.4) is 0 Å². The third-order valence-corrected chi connectivity index (χ3v) is 8.51. The zero-order chi connectivity index (χ0) is 27.1. The molecule has 2 aliphatic rings. The van der Waals surface area contributed by atoms with Gasteiger partial charge in [0.15, 0.2) is 0 Å². The van der Waals surface area contributed by atoms with Crippen LogP contribution in [0.5, 0.6) is 0 Å². The lowest BCUT2D eigenvalue weighted by Crippen LogP contribution is -2.61. The summed E-state index contributed by atoms with van der Waals surface area (Å²) in [6.45, 7) is 2.62. The van der Waals surface area contributed by atoms with Crippen molar-refractivity contribution in [1.82, 2.24) is 15.1 Å². The number of hydrogen-bond donors (Lipinski definition) is 1. The third-order valence-electron chi connectivity index (χ3n) is 7.41. The average molecular weight is 550 g/mol. The first-order valence-corrected chi connectivity index (χ1v) is 13.7. The topological polar surface area (TPSA) is 52.7 Å². The monoisotopic (exact) mass is 549 g/mol. The lowest BCUT2D eigenvalue weighted by Gasteiger charge is -2.40. The molecule has 1 unspecified atom stereocenters. The molecule has 0 aliphatic carbocycles. The molecule has 1 aromatic heterocycles. The van der Waals surface area contributed by atoms with Gasteiger partial charge in [-0.25, -0.2) is 0 Å². The smallest absolute Gasteiger partial charge is 0.337 e. The zero-order valence-corrected chi connectivity index (χ0v) is 21.8. The number of carbonyl (C=O) groups excluding carboxylic acids is 2. The molecule has 4 aromatic rings. The Morgan fingerprint density at radius 2 is 1.49 bits per heavy atom. The second kappa shape index (κ2) is 10.1. The molecule has 6 rings (SSSR count). The van der Waals surface area contributed by atoms with Crippen molar-refractivity contribution in [2.75, 3.05) is 26.2 Å². The van der Waals surface area contributed by atoms with E-state index in [1.165, 1.54) is 23.5 Å². The first kappa shape index (κ1) is 25.6. The normalized spacial score (nSPS) is 18.0. The summed E-state index contributed by atoms with van der Waals surface area (Å²) in [6, 6.07) is 22.4. The number of benzene rings is 3. The molecule has 3 aromatic carbocycles. The Morgan fingerprint density at radius 1 is 0.795 bits per heavy atom. The molecule has 1 atom stereocenters. The number of nitrogens with one attached hydrogen (secondary N) is 1. The fourth-order valence-electron chi connectivity index (χ4n) is 5.26. The number of likely N-dealkylation sites (tertiary alicyclic amines) is 2. The Bertz CT molecular complexity index is 1510. The van der Waals surface area contributed by atoms with Crippen molar-refractivity contribution in [2.45, 2.75) is 24.7 Å². The van der Waals surface area contributed by atoms with Crippen molar-refractivity contribution < 1.29 is 22.8 Å². The number of thiophene rings is 1. The molecule has 9 heteroatoms. The second-order valence-corrected chi connectivity index (χ2v) is 11.2. The highest BCUT2D eigenvalue weighted by Crippen LogP contribution is 2.34. The highest BCUT2D eigenvalue weighted by Gasteiger charge is 2.35. The van der Waals surface area contributed by atoms with Crippen LogP contribution in [0.4, 0.5) is 13.2 Å². The van der Waals surface area contributed by atoms with Crippen molar-refractivity contribution in [3.8, 4) is 11.1 Å². The quantitative estimate of drug-likeness (QED) is 0.337. The Balaban J connectivity index is 1.04. The van der Waals surface area contributed by atoms with Crippen LogP contribution < -0.4 is 5.32 Å². The molecule has 200 valence electrons. The van der Waals surface area contributed by atoms with Crippen LogP contribution in [0.1, 0.15) is 32.0 Å². The van der Waals surface area contributed by atoms with Gasteiger partial charge in [0.2, 0.25) is 0 Å². The molecule has 0 saturated carbocycles. The van der Waals surface area contributed by atoms with Gasteiger partial charge in [0.25, 0.3) is 11.8 Å². The minimum atomic E-state index is -4.37. The van der Waals surface area contributed by atoms with E-state index in [1.54, 1.807) is 0 Å². The van der Waals surface area contributed by atoms with Crippen LogP contribution in [0, 0.1) is 0 Å². The summed E-state index contributed by atoms with van der Waals surface area (Å²) in [5, 5.41) is 4.49. The number of amides is 2. The summed E-state index contributed by atoms with van der Waals surface area (Å²) < 4.78 is 39.6. The molecule has 2 saturated heterocycles. The third kappa shape index (κ3) is 5.29. The van der Waals surface area contributed by atoms with E-state index < -0.39 is 11.7 Å². The Kier molecular flexibility index (Phi) is 6.64. The van der Waals surface area contributed by atoms with Crippen molar-refractivity contribution in [3.63, 3.8) is 0 Å². The number of alkyl halides is 3. The van der Waals surface area contributed by atoms with Gasteiger partial charge >= 0.3 is 6.18 Å². The van der Waals surface area contributed by atoms with Gasteiger partial charge in [-0.3, -0.25) is 9.59 Å². The van der Waals surface area contributed by atoms with E-state index in [9.17, 15) is 22.8 Å². The molecule has 2 amide bonds. The van der Waals surface area contributed by atoms with Gasteiger partial charge in [0, 0.05) is 48.5 Å². The first-order chi connectivity index (χ1) is 18.7.